The van der Waals surface area contributed by atoms with Crippen molar-refractivity contribution in [3.63, 3.8) is 0 Å². The van der Waals surface area contributed by atoms with E-state index in [1.165, 1.54) is 19.2 Å². The highest BCUT2D eigenvalue weighted by Crippen LogP contribution is 2.51. The van der Waals surface area contributed by atoms with Crippen molar-refractivity contribution in [2.24, 2.45) is 0 Å². The molecule has 0 bridgehead atoms. The molecule has 0 saturated carbocycles. The van der Waals surface area contributed by atoms with Gasteiger partial charge < -0.3 is 24.6 Å². The zero-order chi connectivity index (χ0) is 30.5. The monoisotopic (exact) mass is 605 g/mol. The van der Waals surface area contributed by atoms with Crippen LogP contribution >= 0.6 is 11.6 Å². The number of carboxylic acid groups (broad SMARTS) is 1. The van der Waals surface area contributed by atoms with Gasteiger partial charge in [0, 0.05) is 24.4 Å². The summed E-state index contributed by atoms with van der Waals surface area (Å²) < 4.78 is 94.4. The van der Waals surface area contributed by atoms with Gasteiger partial charge in [-0.05, 0) is 47.5 Å². The number of nitrogens with zero attached hydrogens (tertiary/aromatic N) is 1. The number of halogens is 7. The Morgan fingerprint density at radius 1 is 1.15 bits per heavy atom. The Kier molecular flexibility index (Phi) is 7.82. The van der Waals surface area contributed by atoms with E-state index in [9.17, 15) is 41.0 Å². The third kappa shape index (κ3) is 5.60. The number of hydrogen-bond acceptors (Lipinski definition) is 5. The molecular weight excluding hydrogens is 584 g/mol. The van der Waals surface area contributed by atoms with E-state index >= 15 is 0 Å². The summed E-state index contributed by atoms with van der Waals surface area (Å²) in [6.07, 6.45) is -10.3. The lowest BCUT2D eigenvalue weighted by Gasteiger charge is -2.38. The summed E-state index contributed by atoms with van der Waals surface area (Å²) >= 11 is 6.29. The molecule has 1 aliphatic carbocycles. The van der Waals surface area contributed by atoms with Crippen molar-refractivity contribution in [2.45, 2.75) is 43.3 Å². The standard InChI is InChI=1S/C27H22ClF6NO6/c1-13(25(39,27(32,33)34)14-3-8-22-21(9-14)35(2)23(36)12-40-22)17-6-4-16(11-20(17)28)41-15-5-7-18(24(37)38)19(10-15)26(29,30)31/h3-9,11,13,15,39H,10,12H2,1-2H3,(H,37,38)/t13-,15?,25-/m1/s1. The van der Waals surface area contributed by atoms with Crippen LogP contribution in [0, 0.1) is 0 Å². The van der Waals surface area contributed by atoms with Crippen molar-refractivity contribution in [1.29, 1.82) is 0 Å². The normalized spacial score (nSPS) is 19.8. The molecule has 0 spiro atoms. The second-order valence-corrected chi connectivity index (χ2v) is 9.91. The van der Waals surface area contributed by atoms with Gasteiger partial charge in [0.2, 0.25) is 0 Å². The van der Waals surface area contributed by atoms with Crippen LogP contribution in [0.4, 0.5) is 32.0 Å². The Morgan fingerprint density at radius 3 is 2.41 bits per heavy atom. The highest BCUT2D eigenvalue weighted by molar-refractivity contribution is 6.31. The Balaban J connectivity index is 1.64. The van der Waals surface area contributed by atoms with E-state index in [-0.39, 0.29) is 34.4 Å². The number of carbonyl (C=O) groups is 2. The molecule has 1 unspecified atom stereocenters. The lowest BCUT2D eigenvalue weighted by Crippen LogP contribution is -2.47. The van der Waals surface area contributed by atoms with E-state index in [4.69, 9.17) is 26.2 Å². The number of carboxylic acids is 1. The summed E-state index contributed by atoms with van der Waals surface area (Å²) in [7, 11) is 1.36. The van der Waals surface area contributed by atoms with Gasteiger partial charge in [0.25, 0.3) is 5.91 Å². The topological polar surface area (TPSA) is 96.3 Å². The molecule has 1 heterocycles. The maximum atomic E-state index is 14.5. The van der Waals surface area contributed by atoms with Crippen LogP contribution in [0.5, 0.6) is 11.5 Å². The quantitative estimate of drug-likeness (QED) is 0.398. The van der Waals surface area contributed by atoms with Gasteiger partial charge in [0.15, 0.2) is 12.2 Å². The fourth-order valence-electron chi connectivity index (χ4n) is 4.73. The number of anilines is 1. The molecule has 0 radical (unpaired) electrons. The number of rotatable bonds is 6. The molecule has 41 heavy (non-hydrogen) atoms. The molecule has 0 saturated heterocycles. The van der Waals surface area contributed by atoms with E-state index in [1.54, 1.807) is 0 Å². The second kappa shape index (κ2) is 10.6. The highest BCUT2D eigenvalue weighted by Gasteiger charge is 2.59. The van der Waals surface area contributed by atoms with Gasteiger partial charge in [-0.25, -0.2) is 4.79 Å². The Labute approximate surface area is 234 Å². The molecule has 7 nitrogen and oxygen atoms in total. The fourth-order valence-corrected chi connectivity index (χ4v) is 5.07. The molecule has 14 heteroatoms. The molecule has 0 fully saturated rings. The number of ether oxygens (including phenoxy) is 2. The number of alkyl halides is 6. The van der Waals surface area contributed by atoms with E-state index < -0.39 is 65.0 Å². The van der Waals surface area contributed by atoms with Gasteiger partial charge in [0.1, 0.15) is 17.6 Å². The predicted octanol–water partition coefficient (Wildman–Crippen LogP) is 5.90. The van der Waals surface area contributed by atoms with Crippen molar-refractivity contribution in [3.05, 3.63) is 75.8 Å². The zero-order valence-electron chi connectivity index (χ0n) is 21.3. The molecule has 1 aliphatic heterocycles. The summed E-state index contributed by atoms with van der Waals surface area (Å²) in [6.45, 7) is 0.801. The first-order valence-electron chi connectivity index (χ1n) is 12.0. The molecular formula is C27H22ClF6NO6. The van der Waals surface area contributed by atoms with Crippen LogP contribution in [-0.4, -0.2) is 54.2 Å². The summed E-state index contributed by atoms with van der Waals surface area (Å²) in [6, 6.07) is 6.67. The predicted molar refractivity (Wildman–Crippen MR) is 134 cm³/mol. The summed E-state index contributed by atoms with van der Waals surface area (Å²) in [5, 5.41) is 20.0. The Bertz CT molecular complexity index is 1450. The maximum absolute atomic E-state index is 14.5. The molecule has 2 N–H and O–H groups in total. The number of benzene rings is 2. The molecule has 2 aromatic carbocycles. The SMILES string of the molecule is C[C@H](c1ccc(OC2C=CC(C(=O)O)=C(C(F)(F)F)C2)cc1Cl)[C@@](O)(c1ccc2c(c1)N(C)C(=O)CO2)C(F)(F)F. The minimum Gasteiger partial charge on any atom is -0.486 e. The Morgan fingerprint density at radius 2 is 1.83 bits per heavy atom. The first kappa shape index (κ1) is 30.3. The van der Waals surface area contributed by atoms with Crippen LogP contribution in [0.3, 0.4) is 0 Å². The van der Waals surface area contributed by atoms with Gasteiger partial charge in [-0.3, -0.25) is 4.79 Å². The second-order valence-electron chi connectivity index (χ2n) is 9.51. The van der Waals surface area contributed by atoms with Crippen LogP contribution in [0.1, 0.15) is 30.4 Å². The third-order valence-electron chi connectivity index (χ3n) is 7.05. The lowest BCUT2D eigenvalue weighted by atomic mass is 9.77. The molecule has 0 aromatic heterocycles. The number of likely N-dealkylation sites (N-methyl/N-ethyl adjacent to an activating group) is 1. The first-order valence-corrected chi connectivity index (χ1v) is 12.3. The average Bonchev–Trinajstić information content (AvgIpc) is 2.88. The van der Waals surface area contributed by atoms with Crippen LogP contribution in [0.2, 0.25) is 5.02 Å². The summed E-state index contributed by atoms with van der Waals surface area (Å²) in [4.78, 5) is 24.3. The van der Waals surface area contributed by atoms with Gasteiger partial charge in [0.05, 0.1) is 16.8 Å². The number of carbonyl (C=O) groups excluding carboxylic acids is 1. The van der Waals surface area contributed by atoms with E-state index in [0.29, 0.717) is 0 Å². The minimum absolute atomic E-state index is 0.0299. The average molecular weight is 606 g/mol. The van der Waals surface area contributed by atoms with Crippen molar-refractivity contribution >= 4 is 29.2 Å². The van der Waals surface area contributed by atoms with Gasteiger partial charge in [-0.2, -0.15) is 26.3 Å². The van der Waals surface area contributed by atoms with Gasteiger partial charge in [-0.15, -0.1) is 0 Å². The lowest BCUT2D eigenvalue weighted by molar-refractivity contribution is -0.274. The molecule has 2 aromatic rings. The van der Waals surface area contributed by atoms with Crippen molar-refractivity contribution in [1.82, 2.24) is 0 Å². The van der Waals surface area contributed by atoms with Gasteiger partial charge >= 0.3 is 18.3 Å². The molecule has 3 atom stereocenters. The van der Waals surface area contributed by atoms with Crippen LogP contribution in [-0.2, 0) is 15.2 Å². The highest BCUT2D eigenvalue weighted by atomic mass is 35.5. The molecule has 1 amide bonds. The fraction of sp³-hybridized carbons (Fsp3) is 0.333. The van der Waals surface area contributed by atoms with E-state index in [2.05, 4.69) is 0 Å². The number of hydrogen-bond donors (Lipinski definition) is 2. The number of fused-ring (bicyclic) bond motifs is 1. The van der Waals surface area contributed by atoms with E-state index in [1.807, 2.05) is 0 Å². The summed E-state index contributed by atoms with van der Waals surface area (Å²) in [5.74, 6) is -3.90. The van der Waals surface area contributed by atoms with Crippen molar-refractivity contribution in [3.8, 4) is 11.5 Å². The minimum atomic E-state index is -5.22. The zero-order valence-corrected chi connectivity index (χ0v) is 22.1. The molecule has 4 rings (SSSR count). The Hall–Kier alpha value is -3.71. The largest absolute Gasteiger partial charge is 0.486 e. The number of aliphatic hydroxyl groups is 1. The van der Waals surface area contributed by atoms with Crippen LogP contribution in [0.25, 0.3) is 0 Å². The van der Waals surface area contributed by atoms with Crippen LogP contribution in [0.15, 0.2) is 59.7 Å². The van der Waals surface area contributed by atoms with Gasteiger partial charge in [-0.1, -0.05) is 30.7 Å². The number of amides is 1. The molecule has 220 valence electrons. The molecule has 2 aliphatic rings. The third-order valence-corrected chi connectivity index (χ3v) is 7.38. The van der Waals surface area contributed by atoms with Crippen molar-refractivity contribution in [2.75, 3.05) is 18.6 Å². The van der Waals surface area contributed by atoms with Crippen molar-refractivity contribution < 1.29 is 55.6 Å². The summed E-state index contributed by atoms with van der Waals surface area (Å²) in [5.41, 5.74) is -6.41. The number of aliphatic carboxylic acids is 1. The van der Waals surface area contributed by atoms with Crippen LogP contribution < -0.4 is 14.4 Å². The smallest absolute Gasteiger partial charge is 0.422 e. The van der Waals surface area contributed by atoms with E-state index in [0.717, 1.165) is 48.2 Å². The maximum Gasteiger partial charge on any atom is 0.422 e. The first-order chi connectivity index (χ1) is 18.9.